The second-order valence-electron chi connectivity index (χ2n) is 6.67. The molecule has 1 aliphatic heterocycles. The van der Waals surface area contributed by atoms with Crippen LogP contribution in [0.3, 0.4) is 0 Å². The summed E-state index contributed by atoms with van der Waals surface area (Å²) >= 11 is 6.08. The molecule has 4 rings (SSSR count). The first-order valence-electron chi connectivity index (χ1n) is 9.02. The molecule has 28 heavy (non-hydrogen) atoms. The third-order valence-electron chi connectivity index (χ3n) is 4.75. The van der Waals surface area contributed by atoms with Crippen LogP contribution < -0.4 is 20.3 Å². The molecule has 0 spiro atoms. The lowest BCUT2D eigenvalue weighted by Crippen LogP contribution is -2.18. The van der Waals surface area contributed by atoms with Crippen LogP contribution in [0.4, 0.5) is 5.69 Å². The Balaban J connectivity index is 1.51. The van der Waals surface area contributed by atoms with E-state index in [4.69, 9.17) is 21.1 Å². The van der Waals surface area contributed by atoms with E-state index in [2.05, 4.69) is 10.3 Å². The van der Waals surface area contributed by atoms with Crippen LogP contribution in [0.1, 0.15) is 17.5 Å². The number of pyridine rings is 1. The molecular formula is C21H19ClN2O4. The minimum atomic E-state index is -0.212. The van der Waals surface area contributed by atoms with Crippen LogP contribution in [0.2, 0.25) is 5.02 Å². The van der Waals surface area contributed by atoms with Gasteiger partial charge in [-0.15, -0.1) is 0 Å². The van der Waals surface area contributed by atoms with Gasteiger partial charge in [-0.1, -0.05) is 17.7 Å². The van der Waals surface area contributed by atoms with Crippen molar-refractivity contribution in [1.82, 2.24) is 4.98 Å². The van der Waals surface area contributed by atoms with Gasteiger partial charge in [-0.25, -0.2) is 0 Å². The van der Waals surface area contributed by atoms with Crippen molar-refractivity contribution in [3.8, 4) is 11.5 Å². The number of hydrogen-bond acceptors (Lipinski definition) is 4. The van der Waals surface area contributed by atoms with Gasteiger partial charge in [0.05, 0.1) is 5.52 Å². The average Bonchev–Trinajstić information content (AvgIpc) is 2.68. The van der Waals surface area contributed by atoms with Gasteiger partial charge in [0, 0.05) is 34.1 Å². The van der Waals surface area contributed by atoms with Gasteiger partial charge in [-0.3, -0.25) is 9.59 Å². The third kappa shape index (κ3) is 3.68. The molecule has 1 amide bonds. The van der Waals surface area contributed by atoms with Crippen molar-refractivity contribution < 1.29 is 14.3 Å². The van der Waals surface area contributed by atoms with E-state index in [9.17, 15) is 9.59 Å². The summed E-state index contributed by atoms with van der Waals surface area (Å²) in [6.45, 7) is 2.83. The molecule has 3 aromatic rings. The summed E-state index contributed by atoms with van der Waals surface area (Å²) in [4.78, 5) is 27.6. The highest BCUT2D eigenvalue weighted by atomic mass is 35.5. The number of carbonyl (C=O) groups excluding carboxylic acids is 1. The number of aryl methyl sites for hydroxylation is 1. The highest BCUT2D eigenvalue weighted by Crippen LogP contribution is 2.33. The summed E-state index contributed by atoms with van der Waals surface area (Å²) in [7, 11) is 0. The van der Waals surface area contributed by atoms with E-state index in [1.807, 2.05) is 13.0 Å². The van der Waals surface area contributed by atoms with Crippen molar-refractivity contribution in [3.05, 3.63) is 62.9 Å². The first-order chi connectivity index (χ1) is 13.5. The number of amides is 1. The number of ether oxygens (including phenoxy) is 2. The summed E-state index contributed by atoms with van der Waals surface area (Å²) in [6.07, 6.45) is 0.510. The van der Waals surface area contributed by atoms with Crippen LogP contribution in [0.25, 0.3) is 10.9 Å². The predicted molar refractivity (Wildman–Crippen MR) is 109 cm³/mol. The largest absolute Gasteiger partial charge is 0.486 e. The minimum Gasteiger partial charge on any atom is -0.486 e. The van der Waals surface area contributed by atoms with Crippen molar-refractivity contribution in [2.24, 2.45) is 0 Å². The van der Waals surface area contributed by atoms with Crippen LogP contribution >= 0.6 is 11.6 Å². The Bertz CT molecular complexity index is 1120. The van der Waals surface area contributed by atoms with Crippen LogP contribution in [-0.4, -0.2) is 24.1 Å². The van der Waals surface area contributed by atoms with E-state index in [1.54, 1.807) is 30.3 Å². The zero-order chi connectivity index (χ0) is 19.7. The number of H-pyrrole nitrogens is 1. The summed E-state index contributed by atoms with van der Waals surface area (Å²) in [6, 6.07) is 10.8. The molecule has 1 aromatic heterocycles. The lowest BCUT2D eigenvalue weighted by molar-refractivity contribution is -0.116. The monoisotopic (exact) mass is 398 g/mol. The standard InChI is InChI=1S/C21H19ClN2O4/c1-12-15(22)3-2-4-16(12)23-20(25)6-5-13-9-14-10-18-19(28-8-7-27-18)11-17(14)24-21(13)26/h2-4,9-11H,5-8H2,1H3,(H,23,25)(H,24,26). The lowest BCUT2D eigenvalue weighted by Gasteiger charge is -2.18. The topological polar surface area (TPSA) is 80.4 Å². The first kappa shape index (κ1) is 18.4. The van der Waals surface area contributed by atoms with Gasteiger partial charge in [-0.2, -0.15) is 0 Å². The van der Waals surface area contributed by atoms with Gasteiger partial charge in [0.25, 0.3) is 5.56 Å². The number of nitrogens with one attached hydrogen (secondary N) is 2. The molecule has 2 heterocycles. The van der Waals surface area contributed by atoms with Crippen molar-refractivity contribution in [3.63, 3.8) is 0 Å². The highest BCUT2D eigenvalue weighted by Gasteiger charge is 2.15. The molecule has 0 radical (unpaired) electrons. The molecule has 2 aromatic carbocycles. The van der Waals surface area contributed by atoms with Gasteiger partial charge in [0.1, 0.15) is 13.2 Å². The molecular weight excluding hydrogens is 380 g/mol. The molecule has 144 valence electrons. The van der Waals surface area contributed by atoms with Crippen molar-refractivity contribution in [2.75, 3.05) is 18.5 Å². The second-order valence-corrected chi connectivity index (χ2v) is 7.07. The molecule has 0 saturated carbocycles. The number of hydrogen-bond donors (Lipinski definition) is 2. The van der Waals surface area contributed by atoms with Gasteiger partial charge in [0.15, 0.2) is 11.5 Å². The molecule has 0 aliphatic carbocycles. The Labute approximate surface area is 166 Å². The molecule has 6 nitrogen and oxygen atoms in total. The Morgan fingerprint density at radius 2 is 1.93 bits per heavy atom. The number of fused-ring (bicyclic) bond motifs is 2. The van der Waals surface area contributed by atoms with Crippen molar-refractivity contribution >= 4 is 34.1 Å². The van der Waals surface area contributed by atoms with Crippen LogP contribution in [0, 0.1) is 6.92 Å². The van der Waals surface area contributed by atoms with E-state index in [0.29, 0.717) is 52.9 Å². The Morgan fingerprint density at radius 1 is 1.18 bits per heavy atom. The van der Waals surface area contributed by atoms with E-state index in [-0.39, 0.29) is 17.9 Å². The Hall–Kier alpha value is -2.99. The van der Waals surface area contributed by atoms with Gasteiger partial charge < -0.3 is 19.8 Å². The number of anilines is 1. The molecule has 0 bridgehead atoms. The van der Waals surface area contributed by atoms with Crippen LogP contribution in [-0.2, 0) is 11.2 Å². The smallest absolute Gasteiger partial charge is 0.251 e. The second kappa shape index (κ2) is 7.56. The molecule has 0 atom stereocenters. The number of halogens is 1. The van der Waals surface area contributed by atoms with E-state index in [0.717, 1.165) is 10.9 Å². The molecule has 2 N–H and O–H groups in total. The van der Waals surface area contributed by atoms with Gasteiger partial charge >= 0.3 is 0 Å². The fourth-order valence-corrected chi connectivity index (χ4v) is 3.35. The van der Waals surface area contributed by atoms with Gasteiger partial charge in [0.2, 0.25) is 5.91 Å². The Morgan fingerprint density at radius 3 is 2.71 bits per heavy atom. The molecule has 7 heteroatoms. The maximum Gasteiger partial charge on any atom is 0.251 e. The van der Waals surface area contributed by atoms with Gasteiger partial charge in [-0.05, 0) is 43.2 Å². The number of carbonyl (C=O) groups is 1. The molecule has 0 saturated heterocycles. The predicted octanol–water partition coefficient (Wildman–Crippen LogP) is 3.83. The maximum absolute atomic E-state index is 12.4. The fraction of sp³-hybridized carbons (Fsp3) is 0.238. The summed E-state index contributed by atoms with van der Waals surface area (Å²) < 4.78 is 11.1. The fourth-order valence-electron chi connectivity index (χ4n) is 3.18. The van der Waals surface area contributed by atoms with Crippen molar-refractivity contribution in [2.45, 2.75) is 19.8 Å². The first-order valence-corrected chi connectivity index (χ1v) is 9.39. The third-order valence-corrected chi connectivity index (χ3v) is 5.16. The number of benzene rings is 2. The van der Waals surface area contributed by atoms with Crippen molar-refractivity contribution in [1.29, 1.82) is 0 Å². The number of aromatic amines is 1. The normalized spacial score (nSPS) is 12.8. The summed E-state index contributed by atoms with van der Waals surface area (Å²) in [5.74, 6) is 1.11. The molecule has 0 fully saturated rings. The van der Waals surface area contributed by atoms with E-state index >= 15 is 0 Å². The summed E-state index contributed by atoms with van der Waals surface area (Å²) in [5, 5.41) is 4.28. The van der Waals surface area contributed by atoms with E-state index < -0.39 is 0 Å². The summed E-state index contributed by atoms with van der Waals surface area (Å²) in [5.41, 5.74) is 2.50. The number of rotatable bonds is 4. The lowest BCUT2D eigenvalue weighted by atomic mass is 10.1. The molecule has 0 unspecified atom stereocenters. The number of aromatic nitrogens is 1. The molecule has 1 aliphatic rings. The zero-order valence-corrected chi connectivity index (χ0v) is 16.1. The van der Waals surface area contributed by atoms with Crippen LogP contribution in [0.5, 0.6) is 11.5 Å². The zero-order valence-electron chi connectivity index (χ0n) is 15.3. The average molecular weight is 399 g/mol. The highest BCUT2D eigenvalue weighted by molar-refractivity contribution is 6.31. The quantitative estimate of drug-likeness (QED) is 0.699. The van der Waals surface area contributed by atoms with Crippen LogP contribution in [0.15, 0.2) is 41.2 Å². The SMILES string of the molecule is Cc1c(Cl)cccc1NC(=O)CCc1cc2cc3c(cc2[nH]c1=O)OCCO3. The Kier molecular flexibility index (Phi) is 4.96. The van der Waals surface area contributed by atoms with E-state index in [1.165, 1.54) is 0 Å². The minimum absolute atomic E-state index is 0.174. The maximum atomic E-state index is 12.4.